The number of carbonyl (C=O) groups is 2. The van der Waals surface area contributed by atoms with Crippen molar-refractivity contribution in [1.29, 1.82) is 0 Å². The highest BCUT2D eigenvalue weighted by Crippen LogP contribution is 2.27. The highest BCUT2D eigenvalue weighted by molar-refractivity contribution is 6.32. The predicted molar refractivity (Wildman–Crippen MR) is 148 cm³/mol. The summed E-state index contributed by atoms with van der Waals surface area (Å²) in [5.74, 6) is 0.478. The number of halogens is 1. The smallest absolute Gasteiger partial charge is 0.305 e. The number of amides is 1. The zero-order chi connectivity index (χ0) is 26.9. The summed E-state index contributed by atoms with van der Waals surface area (Å²) in [5.41, 5.74) is 5.56. The van der Waals surface area contributed by atoms with Crippen molar-refractivity contribution < 1.29 is 19.1 Å². The van der Waals surface area contributed by atoms with Crippen LogP contribution in [0.25, 0.3) is 0 Å². The topological polar surface area (TPSA) is 64.6 Å². The summed E-state index contributed by atoms with van der Waals surface area (Å²) in [5, 5.41) is 3.80. The van der Waals surface area contributed by atoms with Crippen LogP contribution < -0.4 is 10.1 Å². The summed E-state index contributed by atoms with van der Waals surface area (Å²) < 4.78 is 10.7. The van der Waals surface area contributed by atoms with Crippen molar-refractivity contribution in [2.75, 3.05) is 7.11 Å². The molecule has 3 rings (SSSR count). The van der Waals surface area contributed by atoms with E-state index in [0.29, 0.717) is 28.7 Å². The van der Waals surface area contributed by atoms with Gasteiger partial charge in [-0.1, -0.05) is 79.0 Å². The lowest BCUT2D eigenvalue weighted by Crippen LogP contribution is -2.30. The highest BCUT2D eigenvalue weighted by Gasteiger charge is 2.21. The van der Waals surface area contributed by atoms with Crippen molar-refractivity contribution in [3.05, 3.63) is 99.1 Å². The zero-order valence-corrected chi connectivity index (χ0v) is 23.0. The maximum Gasteiger partial charge on any atom is 0.305 e. The molecule has 0 radical (unpaired) electrons. The molecule has 0 bridgehead atoms. The first-order valence-corrected chi connectivity index (χ1v) is 13.0. The number of ether oxygens (including phenoxy) is 2. The van der Waals surface area contributed by atoms with E-state index < -0.39 is 0 Å². The number of benzene rings is 3. The minimum atomic E-state index is -0.314. The van der Waals surface area contributed by atoms with E-state index in [2.05, 4.69) is 51.2 Å². The van der Waals surface area contributed by atoms with Crippen LogP contribution in [0.1, 0.15) is 70.9 Å². The number of para-hydroxylation sites is 1. The van der Waals surface area contributed by atoms with E-state index in [1.807, 2.05) is 30.3 Å². The first kappa shape index (κ1) is 28.3. The van der Waals surface area contributed by atoms with Crippen LogP contribution in [0, 0.1) is 19.8 Å². The maximum absolute atomic E-state index is 13.7. The fourth-order valence-electron chi connectivity index (χ4n) is 4.40. The molecule has 0 fully saturated rings. The molecule has 0 aliphatic rings. The molecule has 5 nitrogen and oxygen atoms in total. The number of esters is 1. The summed E-state index contributed by atoms with van der Waals surface area (Å²) in [6, 6.07) is 19.2. The van der Waals surface area contributed by atoms with Crippen LogP contribution in [0.15, 0.2) is 60.7 Å². The van der Waals surface area contributed by atoms with Gasteiger partial charge in [0, 0.05) is 12.0 Å². The van der Waals surface area contributed by atoms with E-state index in [1.165, 1.54) is 7.11 Å². The Bertz CT molecular complexity index is 1220. The Labute approximate surface area is 225 Å². The van der Waals surface area contributed by atoms with Gasteiger partial charge in [-0.15, -0.1) is 0 Å². The average molecular weight is 522 g/mol. The van der Waals surface area contributed by atoms with Gasteiger partial charge in [0.05, 0.1) is 18.2 Å². The lowest BCUT2D eigenvalue weighted by Gasteiger charge is -2.23. The van der Waals surface area contributed by atoms with Gasteiger partial charge in [-0.2, -0.15) is 0 Å². The van der Waals surface area contributed by atoms with Gasteiger partial charge in [0.2, 0.25) is 0 Å². The second-order valence-corrected chi connectivity index (χ2v) is 10.3. The van der Waals surface area contributed by atoms with E-state index in [1.54, 1.807) is 12.1 Å². The lowest BCUT2D eigenvalue weighted by molar-refractivity contribution is -0.140. The Balaban J connectivity index is 1.90. The molecule has 0 aliphatic heterocycles. The highest BCUT2D eigenvalue weighted by atomic mass is 35.5. The van der Waals surface area contributed by atoms with Crippen LogP contribution in [-0.2, 0) is 22.6 Å². The van der Waals surface area contributed by atoms with Crippen LogP contribution in [0.2, 0.25) is 5.02 Å². The number of hydrogen-bond donors (Lipinski definition) is 1. The molecule has 0 heterocycles. The molecule has 3 aromatic rings. The first-order valence-electron chi connectivity index (χ1n) is 12.6. The molecule has 0 saturated carbocycles. The Kier molecular flexibility index (Phi) is 10.2. The van der Waals surface area contributed by atoms with Gasteiger partial charge in [-0.3, -0.25) is 9.59 Å². The molecule has 196 valence electrons. The van der Waals surface area contributed by atoms with Gasteiger partial charge >= 0.3 is 5.97 Å². The van der Waals surface area contributed by atoms with Crippen molar-refractivity contribution in [2.24, 2.45) is 5.92 Å². The van der Waals surface area contributed by atoms with Crippen molar-refractivity contribution in [3.63, 3.8) is 0 Å². The number of methoxy groups -OCH3 is 1. The Morgan fingerprint density at radius 3 is 2.32 bits per heavy atom. The second-order valence-electron chi connectivity index (χ2n) is 9.86. The van der Waals surface area contributed by atoms with Crippen LogP contribution in [0.4, 0.5) is 0 Å². The average Bonchev–Trinajstić information content (AvgIpc) is 2.85. The molecule has 0 saturated heterocycles. The maximum atomic E-state index is 13.7. The number of nitrogens with one attached hydrogen (secondary N) is 1. The second kappa shape index (κ2) is 13.3. The van der Waals surface area contributed by atoms with E-state index >= 15 is 0 Å². The standard InChI is InChI=1S/C31H36ClNO4/c1-20(2)14-28(25-16-21(3)15-22(4)17-25)33-31(35)26-18-23(10-11-24(26)12-13-30(34)36-5)19-37-29-9-7-6-8-27(29)32/h6-11,15-18,20,28H,12-14,19H2,1-5H3,(H,33,35)/t28-/m1/s1. The van der Waals surface area contributed by atoms with Gasteiger partial charge in [0.15, 0.2) is 0 Å². The normalized spacial score (nSPS) is 11.8. The molecule has 0 unspecified atom stereocenters. The van der Waals surface area contributed by atoms with E-state index in [9.17, 15) is 9.59 Å². The van der Waals surface area contributed by atoms with Crippen LogP contribution in [-0.4, -0.2) is 19.0 Å². The number of rotatable bonds is 11. The van der Waals surface area contributed by atoms with Crippen molar-refractivity contribution in [3.8, 4) is 5.75 Å². The molecule has 1 N–H and O–H groups in total. The van der Waals surface area contributed by atoms with Crippen LogP contribution >= 0.6 is 11.6 Å². The number of hydrogen-bond acceptors (Lipinski definition) is 4. The number of carbonyl (C=O) groups excluding carboxylic acids is 2. The third-order valence-corrected chi connectivity index (χ3v) is 6.45. The van der Waals surface area contributed by atoms with Crippen LogP contribution in [0.3, 0.4) is 0 Å². The van der Waals surface area contributed by atoms with Crippen molar-refractivity contribution >= 4 is 23.5 Å². The Morgan fingerprint density at radius 1 is 0.973 bits per heavy atom. The molecular formula is C31H36ClNO4. The molecule has 1 atom stereocenters. The van der Waals surface area contributed by atoms with Crippen LogP contribution in [0.5, 0.6) is 5.75 Å². The third-order valence-electron chi connectivity index (χ3n) is 6.13. The fraction of sp³-hybridized carbons (Fsp3) is 0.355. The summed E-state index contributed by atoms with van der Waals surface area (Å²) in [6.07, 6.45) is 1.40. The number of aryl methyl sites for hydroxylation is 3. The Morgan fingerprint density at radius 2 is 1.68 bits per heavy atom. The van der Waals surface area contributed by atoms with E-state index in [4.69, 9.17) is 21.1 Å². The van der Waals surface area contributed by atoms with Gasteiger partial charge in [-0.05, 0) is 67.5 Å². The minimum Gasteiger partial charge on any atom is -0.487 e. The van der Waals surface area contributed by atoms with E-state index in [-0.39, 0.29) is 30.9 Å². The van der Waals surface area contributed by atoms with Crippen molar-refractivity contribution in [2.45, 2.75) is 59.6 Å². The largest absolute Gasteiger partial charge is 0.487 e. The molecule has 1 amide bonds. The fourth-order valence-corrected chi connectivity index (χ4v) is 4.59. The predicted octanol–water partition coefficient (Wildman–Crippen LogP) is 7.16. The molecule has 37 heavy (non-hydrogen) atoms. The van der Waals surface area contributed by atoms with Crippen molar-refractivity contribution in [1.82, 2.24) is 5.32 Å². The molecule has 0 aromatic heterocycles. The summed E-state index contributed by atoms with van der Waals surface area (Å²) in [4.78, 5) is 25.5. The quantitative estimate of drug-likeness (QED) is 0.272. The molecule has 0 aliphatic carbocycles. The van der Waals surface area contributed by atoms with E-state index in [0.717, 1.165) is 34.2 Å². The summed E-state index contributed by atoms with van der Waals surface area (Å²) in [7, 11) is 1.37. The van der Waals surface area contributed by atoms with Gasteiger partial charge in [0.1, 0.15) is 12.4 Å². The summed E-state index contributed by atoms with van der Waals surface area (Å²) in [6.45, 7) is 8.69. The zero-order valence-electron chi connectivity index (χ0n) is 22.3. The van der Waals surface area contributed by atoms with Gasteiger partial charge in [0.25, 0.3) is 5.91 Å². The first-order chi connectivity index (χ1) is 17.7. The summed E-state index contributed by atoms with van der Waals surface area (Å²) >= 11 is 6.23. The molecular weight excluding hydrogens is 486 g/mol. The third kappa shape index (κ3) is 8.36. The monoisotopic (exact) mass is 521 g/mol. The minimum absolute atomic E-state index is 0.136. The van der Waals surface area contributed by atoms with Gasteiger partial charge in [-0.25, -0.2) is 0 Å². The van der Waals surface area contributed by atoms with Gasteiger partial charge < -0.3 is 14.8 Å². The molecule has 3 aromatic carbocycles. The Hall–Kier alpha value is -3.31. The molecule has 6 heteroatoms. The molecule has 0 spiro atoms. The lowest BCUT2D eigenvalue weighted by atomic mass is 9.93. The SMILES string of the molecule is COC(=O)CCc1ccc(COc2ccccc2Cl)cc1C(=O)N[C@H](CC(C)C)c1cc(C)cc(C)c1.